The lowest BCUT2D eigenvalue weighted by atomic mass is 10.1. The Kier molecular flexibility index (Phi) is 4.23. The molecule has 1 aromatic carbocycles. The van der Waals surface area contributed by atoms with Gasteiger partial charge < -0.3 is 0 Å². The summed E-state index contributed by atoms with van der Waals surface area (Å²) < 4.78 is 26.5. The zero-order valence-corrected chi connectivity index (χ0v) is 10.4. The lowest BCUT2D eigenvalue weighted by Gasteiger charge is -2.19. The summed E-state index contributed by atoms with van der Waals surface area (Å²) in [6.45, 7) is 0.524. The molecule has 5 heteroatoms. The summed E-state index contributed by atoms with van der Waals surface area (Å²) in [5, 5.41) is 8.58. The molecular weight excluding hydrogens is 250 g/mol. The van der Waals surface area contributed by atoms with Crippen LogP contribution in [0.3, 0.4) is 0 Å². The van der Waals surface area contributed by atoms with E-state index < -0.39 is 17.4 Å². The fourth-order valence-corrected chi connectivity index (χ4v) is 2.00. The lowest BCUT2D eigenvalue weighted by molar-refractivity contribution is 0.0921. The van der Waals surface area contributed by atoms with E-state index in [-0.39, 0.29) is 12.1 Å². The number of carbonyl (C=O) groups is 1. The van der Waals surface area contributed by atoms with Gasteiger partial charge in [-0.3, -0.25) is 9.69 Å². The van der Waals surface area contributed by atoms with Gasteiger partial charge in [-0.05, 0) is 31.0 Å². The van der Waals surface area contributed by atoms with Crippen molar-refractivity contribution >= 4 is 5.78 Å². The molecule has 19 heavy (non-hydrogen) atoms. The SMILES string of the molecule is N#CCCN(CC(=O)c1cc(F)ccc1F)C1CC1. The first-order chi connectivity index (χ1) is 9.11. The van der Waals surface area contributed by atoms with E-state index in [4.69, 9.17) is 5.26 Å². The van der Waals surface area contributed by atoms with E-state index in [1.165, 1.54) is 0 Å². The largest absolute Gasteiger partial charge is 0.293 e. The van der Waals surface area contributed by atoms with Gasteiger partial charge >= 0.3 is 0 Å². The summed E-state index contributed by atoms with van der Waals surface area (Å²) in [7, 11) is 0. The Morgan fingerprint density at radius 1 is 1.42 bits per heavy atom. The fraction of sp³-hybridized carbons (Fsp3) is 0.429. The van der Waals surface area contributed by atoms with Gasteiger partial charge in [-0.15, -0.1) is 0 Å². The van der Waals surface area contributed by atoms with Crippen LogP contribution in [0.2, 0.25) is 0 Å². The van der Waals surface area contributed by atoms with Crippen LogP contribution in [0.15, 0.2) is 18.2 Å². The number of nitriles is 1. The number of rotatable bonds is 6. The molecule has 1 fully saturated rings. The predicted octanol–water partition coefficient (Wildman–Crippen LogP) is 2.53. The van der Waals surface area contributed by atoms with E-state index in [9.17, 15) is 13.6 Å². The molecule has 1 saturated carbocycles. The van der Waals surface area contributed by atoms with Gasteiger partial charge in [-0.2, -0.15) is 5.26 Å². The first-order valence-electron chi connectivity index (χ1n) is 6.21. The van der Waals surface area contributed by atoms with E-state index in [1.807, 2.05) is 11.0 Å². The molecular formula is C14H14F2N2O. The zero-order valence-electron chi connectivity index (χ0n) is 10.4. The van der Waals surface area contributed by atoms with Crippen molar-refractivity contribution in [3.8, 4) is 6.07 Å². The monoisotopic (exact) mass is 264 g/mol. The van der Waals surface area contributed by atoms with E-state index in [2.05, 4.69) is 0 Å². The maximum absolute atomic E-state index is 13.5. The second kappa shape index (κ2) is 5.89. The molecule has 0 N–H and O–H groups in total. The molecule has 0 amide bonds. The smallest absolute Gasteiger partial charge is 0.179 e. The highest BCUT2D eigenvalue weighted by molar-refractivity contribution is 5.97. The van der Waals surface area contributed by atoms with Gasteiger partial charge in [0.1, 0.15) is 11.6 Å². The maximum atomic E-state index is 13.5. The molecule has 1 aliphatic rings. The minimum atomic E-state index is -0.706. The van der Waals surface area contributed by atoms with Crippen molar-refractivity contribution in [2.45, 2.75) is 25.3 Å². The molecule has 3 nitrogen and oxygen atoms in total. The highest BCUT2D eigenvalue weighted by Crippen LogP contribution is 2.27. The number of Topliss-reactive ketones (excluding diaryl/α,β-unsaturated/α-hetero) is 1. The third kappa shape index (κ3) is 3.58. The van der Waals surface area contributed by atoms with Gasteiger partial charge in [0.05, 0.1) is 18.2 Å². The molecule has 2 rings (SSSR count). The van der Waals surface area contributed by atoms with Crippen molar-refractivity contribution in [2.24, 2.45) is 0 Å². The van der Waals surface area contributed by atoms with Crippen LogP contribution in [0.4, 0.5) is 8.78 Å². The summed E-state index contributed by atoms with van der Waals surface area (Å²) in [4.78, 5) is 13.9. The Bertz CT molecular complexity index is 521. The molecule has 1 aromatic rings. The Hall–Kier alpha value is -1.80. The quantitative estimate of drug-likeness (QED) is 0.742. The van der Waals surface area contributed by atoms with Crippen molar-refractivity contribution in [1.29, 1.82) is 5.26 Å². The molecule has 0 aliphatic heterocycles. The van der Waals surface area contributed by atoms with Crippen molar-refractivity contribution in [3.05, 3.63) is 35.4 Å². The fourth-order valence-electron chi connectivity index (χ4n) is 2.00. The topological polar surface area (TPSA) is 44.1 Å². The van der Waals surface area contributed by atoms with Crippen LogP contribution >= 0.6 is 0 Å². The standard InChI is InChI=1S/C14H14F2N2O/c15-10-2-5-13(16)12(8-10)14(19)9-18(7-1-6-17)11-3-4-11/h2,5,8,11H,1,3-4,7,9H2. The van der Waals surface area contributed by atoms with Gasteiger partial charge in [0, 0.05) is 19.0 Å². The third-order valence-electron chi connectivity index (χ3n) is 3.15. The average Bonchev–Trinajstić information content (AvgIpc) is 3.21. The van der Waals surface area contributed by atoms with E-state index >= 15 is 0 Å². The van der Waals surface area contributed by atoms with Crippen molar-refractivity contribution in [3.63, 3.8) is 0 Å². The summed E-state index contributed by atoms with van der Waals surface area (Å²) in [6.07, 6.45) is 2.31. The van der Waals surface area contributed by atoms with Gasteiger partial charge in [0.15, 0.2) is 5.78 Å². The minimum Gasteiger partial charge on any atom is -0.293 e. The molecule has 0 saturated heterocycles. The van der Waals surface area contributed by atoms with E-state index in [0.717, 1.165) is 31.0 Å². The molecule has 0 heterocycles. The van der Waals surface area contributed by atoms with Gasteiger partial charge in [-0.25, -0.2) is 8.78 Å². The summed E-state index contributed by atoms with van der Waals surface area (Å²) in [5.74, 6) is -1.77. The first kappa shape index (κ1) is 13.6. The van der Waals surface area contributed by atoms with Crippen LogP contribution in [0.1, 0.15) is 29.6 Å². The zero-order chi connectivity index (χ0) is 13.8. The Morgan fingerprint density at radius 3 is 2.79 bits per heavy atom. The molecule has 0 atom stereocenters. The molecule has 0 spiro atoms. The van der Waals surface area contributed by atoms with Crippen molar-refractivity contribution in [2.75, 3.05) is 13.1 Å². The van der Waals surface area contributed by atoms with Crippen LogP contribution < -0.4 is 0 Å². The van der Waals surface area contributed by atoms with Crippen LogP contribution in [0.25, 0.3) is 0 Å². The molecule has 0 aromatic heterocycles. The van der Waals surface area contributed by atoms with Crippen LogP contribution in [-0.2, 0) is 0 Å². The van der Waals surface area contributed by atoms with Crippen LogP contribution in [0, 0.1) is 23.0 Å². The number of hydrogen-bond donors (Lipinski definition) is 0. The van der Waals surface area contributed by atoms with Crippen molar-refractivity contribution < 1.29 is 13.6 Å². The number of nitrogens with zero attached hydrogens (tertiary/aromatic N) is 2. The summed E-state index contributed by atoms with van der Waals surface area (Å²) in [6, 6.07) is 5.20. The number of carbonyl (C=O) groups excluding carboxylic acids is 1. The second-order valence-electron chi connectivity index (χ2n) is 4.66. The Labute approximate surface area is 110 Å². The van der Waals surface area contributed by atoms with Crippen LogP contribution in [0.5, 0.6) is 0 Å². The molecule has 0 radical (unpaired) electrons. The minimum absolute atomic E-state index is 0.0344. The number of halogens is 2. The van der Waals surface area contributed by atoms with E-state index in [1.54, 1.807) is 0 Å². The third-order valence-corrected chi connectivity index (χ3v) is 3.15. The highest BCUT2D eigenvalue weighted by Gasteiger charge is 2.30. The average molecular weight is 264 g/mol. The molecule has 100 valence electrons. The van der Waals surface area contributed by atoms with Gasteiger partial charge in [0.25, 0.3) is 0 Å². The van der Waals surface area contributed by atoms with Gasteiger partial charge in [-0.1, -0.05) is 0 Å². The second-order valence-corrected chi connectivity index (χ2v) is 4.66. The summed E-state index contributed by atoms with van der Waals surface area (Å²) in [5.41, 5.74) is -0.220. The number of hydrogen-bond acceptors (Lipinski definition) is 3. The number of ketones is 1. The Balaban J connectivity index is 2.06. The van der Waals surface area contributed by atoms with Crippen molar-refractivity contribution in [1.82, 2.24) is 4.90 Å². The molecule has 0 unspecified atom stereocenters. The van der Waals surface area contributed by atoms with Crippen LogP contribution in [-0.4, -0.2) is 29.8 Å². The molecule has 0 bridgehead atoms. The summed E-state index contributed by atoms with van der Waals surface area (Å²) >= 11 is 0. The number of benzene rings is 1. The first-order valence-corrected chi connectivity index (χ1v) is 6.21. The highest BCUT2D eigenvalue weighted by atomic mass is 19.1. The lowest BCUT2D eigenvalue weighted by Crippen LogP contribution is -2.33. The van der Waals surface area contributed by atoms with E-state index in [0.29, 0.717) is 19.0 Å². The maximum Gasteiger partial charge on any atom is 0.179 e. The van der Waals surface area contributed by atoms with Gasteiger partial charge in [0.2, 0.25) is 0 Å². The predicted molar refractivity (Wildman–Crippen MR) is 65.5 cm³/mol. The molecule has 1 aliphatic carbocycles. The normalized spacial score (nSPS) is 14.4. The Morgan fingerprint density at radius 2 is 2.16 bits per heavy atom.